The minimum Gasteiger partial charge on any atom is -0.298 e. The van der Waals surface area contributed by atoms with E-state index < -0.39 is 10.0 Å². The van der Waals surface area contributed by atoms with E-state index in [0.717, 1.165) is 0 Å². The Morgan fingerprint density at radius 3 is 2.55 bits per heavy atom. The topological polar surface area (TPSA) is 87.0 Å². The summed E-state index contributed by atoms with van der Waals surface area (Å²) in [7, 11) is -3.79. The van der Waals surface area contributed by atoms with Crippen LogP contribution in [0.2, 0.25) is 0 Å². The Kier molecular flexibility index (Phi) is 3.82. The predicted octanol–water partition coefficient (Wildman–Crippen LogP) is 2.17. The quantitative estimate of drug-likeness (QED) is 0.872. The van der Waals surface area contributed by atoms with Gasteiger partial charge in [0.25, 0.3) is 10.0 Å². The van der Waals surface area contributed by atoms with Crippen LogP contribution in [0.3, 0.4) is 0 Å². The van der Waals surface area contributed by atoms with Crippen LogP contribution in [0.5, 0.6) is 0 Å². The van der Waals surface area contributed by atoms with Crippen molar-refractivity contribution in [1.29, 1.82) is 5.26 Å². The van der Waals surface area contributed by atoms with Gasteiger partial charge in [-0.3, -0.25) is 9.52 Å². The second-order valence-electron chi connectivity index (χ2n) is 3.99. The van der Waals surface area contributed by atoms with Crippen molar-refractivity contribution in [3.8, 4) is 6.07 Å². The third-order valence-corrected chi connectivity index (χ3v) is 3.93. The molecule has 0 aromatic heterocycles. The average molecular weight is 286 g/mol. The van der Waals surface area contributed by atoms with E-state index in [1.807, 2.05) is 6.07 Å². The van der Waals surface area contributed by atoms with Gasteiger partial charge >= 0.3 is 0 Å². The minimum absolute atomic E-state index is 0.00643. The summed E-state index contributed by atoms with van der Waals surface area (Å²) in [4.78, 5) is 10.7. The summed E-state index contributed by atoms with van der Waals surface area (Å²) in [6.07, 6.45) is 0.633. The summed E-state index contributed by atoms with van der Waals surface area (Å²) in [6.45, 7) is 0. The number of nitriles is 1. The molecule has 1 N–H and O–H groups in total. The number of hydrogen-bond donors (Lipinski definition) is 1. The molecule has 0 radical (unpaired) electrons. The molecule has 0 fully saturated rings. The average Bonchev–Trinajstić information content (AvgIpc) is 2.47. The lowest BCUT2D eigenvalue weighted by atomic mass is 10.2. The third-order valence-electron chi connectivity index (χ3n) is 2.55. The van der Waals surface area contributed by atoms with Gasteiger partial charge in [0.15, 0.2) is 0 Å². The van der Waals surface area contributed by atoms with E-state index in [1.165, 1.54) is 30.3 Å². The van der Waals surface area contributed by atoms with Gasteiger partial charge in [0, 0.05) is 11.3 Å². The van der Waals surface area contributed by atoms with Crippen molar-refractivity contribution in [2.45, 2.75) is 4.90 Å². The molecule has 0 amide bonds. The molecule has 0 bridgehead atoms. The number of aldehydes is 1. The molecule has 0 unspecified atom stereocenters. The molecular weight excluding hydrogens is 276 g/mol. The Bertz CT molecular complexity index is 792. The van der Waals surface area contributed by atoms with Crippen LogP contribution in [0.25, 0.3) is 0 Å². The molecule has 6 heteroatoms. The number of hydrogen-bond acceptors (Lipinski definition) is 4. The SMILES string of the molecule is N#Cc1cccc(S(=O)(=O)Nc2cccc(C=O)c2)c1. The van der Waals surface area contributed by atoms with E-state index in [0.29, 0.717) is 11.8 Å². The molecule has 0 heterocycles. The maximum absolute atomic E-state index is 12.2. The summed E-state index contributed by atoms with van der Waals surface area (Å²) >= 11 is 0. The van der Waals surface area contributed by atoms with Gasteiger partial charge in [-0.15, -0.1) is 0 Å². The maximum Gasteiger partial charge on any atom is 0.261 e. The van der Waals surface area contributed by atoms with Gasteiger partial charge in [0.2, 0.25) is 0 Å². The predicted molar refractivity (Wildman–Crippen MR) is 73.8 cm³/mol. The zero-order valence-corrected chi connectivity index (χ0v) is 11.1. The van der Waals surface area contributed by atoms with E-state index in [4.69, 9.17) is 5.26 Å². The molecule has 0 atom stereocenters. The van der Waals surface area contributed by atoms with E-state index in [2.05, 4.69) is 4.72 Å². The number of carbonyl (C=O) groups is 1. The van der Waals surface area contributed by atoms with Crippen molar-refractivity contribution in [2.75, 3.05) is 4.72 Å². The fourth-order valence-electron chi connectivity index (χ4n) is 1.62. The molecule has 5 nitrogen and oxygen atoms in total. The van der Waals surface area contributed by atoms with Crippen molar-refractivity contribution in [3.05, 3.63) is 59.7 Å². The molecule has 0 spiro atoms. The summed E-state index contributed by atoms with van der Waals surface area (Å²) < 4.78 is 26.7. The van der Waals surface area contributed by atoms with Gasteiger partial charge in [-0.05, 0) is 30.3 Å². The Morgan fingerprint density at radius 2 is 1.85 bits per heavy atom. The Labute approximate surface area is 116 Å². The number of rotatable bonds is 4. The molecular formula is C14H10N2O3S. The molecule has 0 aliphatic carbocycles. The van der Waals surface area contributed by atoms with Crippen LogP contribution in [0.15, 0.2) is 53.4 Å². The summed E-state index contributed by atoms with van der Waals surface area (Å²) in [5.41, 5.74) is 0.919. The molecule has 0 saturated heterocycles. The van der Waals surface area contributed by atoms with E-state index in [1.54, 1.807) is 18.2 Å². The molecule has 0 saturated carbocycles. The lowest BCUT2D eigenvalue weighted by Gasteiger charge is -2.08. The van der Waals surface area contributed by atoms with Gasteiger partial charge in [0.1, 0.15) is 6.29 Å². The lowest BCUT2D eigenvalue weighted by molar-refractivity contribution is 0.112. The number of anilines is 1. The van der Waals surface area contributed by atoms with Crippen LogP contribution in [-0.2, 0) is 10.0 Å². The number of nitrogens with one attached hydrogen (secondary N) is 1. The molecule has 2 rings (SSSR count). The van der Waals surface area contributed by atoms with Gasteiger partial charge in [-0.1, -0.05) is 18.2 Å². The number of carbonyl (C=O) groups excluding carboxylic acids is 1. The number of sulfonamides is 1. The van der Waals surface area contributed by atoms with Crippen molar-refractivity contribution in [1.82, 2.24) is 0 Å². The van der Waals surface area contributed by atoms with Gasteiger partial charge < -0.3 is 0 Å². The van der Waals surface area contributed by atoms with Crippen molar-refractivity contribution >= 4 is 22.0 Å². The molecule has 20 heavy (non-hydrogen) atoms. The monoisotopic (exact) mass is 286 g/mol. The first-order valence-corrected chi connectivity index (χ1v) is 7.12. The molecule has 2 aromatic carbocycles. The zero-order chi connectivity index (χ0) is 14.6. The normalized spacial score (nSPS) is 10.6. The first kappa shape index (κ1) is 13.8. The highest BCUT2D eigenvalue weighted by molar-refractivity contribution is 7.92. The molecule has 0 aliphatic rings. The highest BCUT2D eigenvalue weighted by Crippen LogP contribution is 2.17. The van der Waals surface area contributed by atoms with Crippen molar-refractivity contribution < 1.29 is 13.2 Å². The van der Waals surface area contributed by atoms with Crippen LogP contribution in [0, 0.1) is 11.3 Å². The van der Waals surface area contributed by atoms with Crippen LogP contribution >= 0.6 is 0 Å². The van der Waals surface area contributed by atoms with Gasteiger partial charge in [0.05, 0.1) is 16.5 Å². The molecule has 0 aliphatic heterocycles. The number of benzene rings is 2. The van der Waals surface area contributed by atoms with E-state index in [-0.39, 0.29) is 16.1 Å². The third kappa shape index (κ3) is 3.02. The minimum atomic E-state index is -3.79. The highest BCUT2D eigenvalue weighted by atomic mass is 32.2. The fourth-order valence-corrected chi connectivity index (χ4v) is 2.72. The Morgan fingerprint density at radius 1 is 1.10 bits per heavy atom. The fraction of sp³-hybridized carbons (Fsp3) is 0. The first-order valence-electron chi connectivity index (χ1n) is 5.63. The van der Waals surface area contributed by atoms with Crippen LogP contribution in [0.1, 0.15) is 15.9 Å². The first-order chi connectivity index (χ1) is 9.55. The molecule has 2 aromatic rings. The van der Waals surface area contributed by atoms with Crippen molar-refractivity contribution in [2.24, 2.45) is 0 Å². The second kappa shape index (κ2) is 5.55. The van der Waals surface area contributed by atoms with E-state index >= 15 is 0 Å². The Hall–Kier alpha value is -2.65. The zero-order valence-electron chi connectivity index (χ0n) is 10.3. The summed E-state index contributed by atoms with van der Waals surface area (Å²) in [5.74, 6) is 0. The smallest absolute Gasteiger partial charge is 0.261 e. The molecule has 100 valence electrons. The second-order valence-corrected chi connectivity index (χ2v) is 5.67. The standard InChI is InChI=1S/C14H10N2O3S/c15-9-11-3-2-6-14(8-11)20(18,19)16-13-5-1-4-12(7-13)10-17/h1-8,10,16H. The number of nitrogens with zero attached hydrogens (tertiary/aromatic N) is 1. The van der Waals surface area contributed by atoms with Crippen LogP contribution in [0.4, 0.5) is 5.69 Å². The van der Waals surface area contributed by atoms with Crippen LogP contribution in [-0.4, -0.2) is 14.7 Å². The maximum atomic E-state index is 12.2. The highest BCUT2D eigenvalue weighted by Gasteiger charge is 2.14. The largest absolute Gasteiger partial charge is 0.298 e. The summed E-state index contributed by atoms with van der Waals surface area (Å²) in [6, 6.07) is 13.7. The lowest BCUT2D eigenvalue weighted by Crippen LogP contribution is -2.13. The van der Waals surface area contributed by atoms with Crippen LogP contribution < -0.4 is 4.72 Å². The van der Waals surface area contributed by atoms with Crippen molar-refractivity contribution in [3.63, 3.8) is 0 Å². The summed E-state index contributed by atoms with van der Waals surface area (Å²) in [5, 5.41) is 8.78. The van der Waals surface area contributed by atoms with E-state index in [9.17, 15) is 13.2 Å². The van der Waals surface area contributed by atoms with Gasteiger partial charge in [-0.25, -0.2) is 8.42 Å². The Balaban J connectivity index is 2.35. The van der Waals surface area contributed by atoms with Gasteiger partial charge in [-0.2, -0.15) is 5.26 Å².